The number of likely N-dealkylation sites (tertiary alicyclic amines) is 1. The number of piperidine rings is 1. The maximum atomic E-state index is 12.6. The van der Waals surface area contributed by atoms with Crippen molar-refractivity contribution in [1.29, 1.82) is 0 Å². The van der Waals surface area contributed by atoms with Crippen molar-refractivity contribution in [3.63, 3.8) is 0 Å². The fourth-order valence-electron chi connectivity index (χ4n) is 3.29. The van der Waals surface area contributed by atoms with Crippen LogP contribution in [0.4, 0.5) is 5.69 Å². The lowest BCUT2D eigenvalue weighted by atomic mass is 9.95. The number of rotatable bonds is 5. The highest BCUT2D eigenvalue weighted by molar-refractivity contribution is 6.42. The van der Waals surface area contributed by atoms with Gasteiger partial charge in [0.1, 0.15) is 0 Å². The number of benzene rings is 2. The lowest BCUT2D eigenvalue weighted by Crippen LogP contribution is -2.38. The van der Waals surface area contributed by atoms with Crippen LogP contribution in [0.15, 0.2) is 42.5 Å². The van der Waals surface area contributed by atoms with E-state index in [4.69, 9.17) is 28.9 Å². The standard InChI is InChI=1S/C20H21Cl2N3O2/c21-16-6-5-13(11-17(16)22)12-25-9-7-14(8-10-25)20(27)24-18-4-2-1-3-15(18)19(23)26/h1-6,11,14H,7-10,12H2,(H2,23,26)(H,24,27). The number of amides is 2. The average molecular weight is 406 g/mol. The van der Waals surface area contributed by atoms with E-state index in [1.165, 1.54) is 0 Å². The molecule has 27 heavy (non-hydrogen) atoms. The van der Waals surface area contributed by atoms with E-state index < -0.39 is 5.91 Å². The summed E-state index contributed by atoms with van der Waals surface area (Å²) < 4.78 is 0. The minimum atomic E-state index is -0.553. The second kappa shape index (κ2) is 8.74. The van der Waals surface area contributed by atoms with Gasteiger partial charge >= 0.3 is 0 Å². The highest BCUT2D eigenvalue weighted by atomic mass is 35.5. The van der Waals surface area contributed by atoms with Gasteiger partial charge in [0.25, 0.3) is 5.91 Å². The third kappa shape index (κ3) is 5.01. The number of hydrogen-bond donors (Lipinski definition) is 2. The molecule has 7 heteroatoms. The van der Waals surface area contributed by atoms with E-state index in [2.05, 4.69) is 10.2 Å². The quantitative estimate of drug-likeness (QED) is 0.790. The van der Waals surface area contributed by atoms with Crippen molar-refractivity contribution in [2.24, 2.45) is 11.7 Å². The monoisotopic (exact) mass is 405 g/mol. The van der Waals surface area contributed by atoms with E-state index in [0.717, 1.165) is 38.0 Å². The van der Waals surface area contributed by atoms with E-state index in [9.17, 15) is 9.59 Å². The van der Waals surface area contributed by atoms with E-state index in [0.29, 0.717) is 21.3 Å². The number of para-hydroxylation sites is 1. The number of carbonyl (C=O) groups is 2. The Morgan fingerprint density at radius 3 is 2.44 bits per heavy atom. The molecule has 1 heterocycles. The van der Waals surface area contributed by atoms with Gasteiger partial charge in [-0.05, 0) is 55.8 Å². The predicted octanol–water partition coefficient (Wildman–Crippen LogP) is 3.94. The third-order valence-corrected chi connectivity index (χ3v) is 5.54. The summed E-state index contributed by atoms with van der Waals surface area (Å²) in [6.07, 6.45) is 1.51. The first-order chi connectivity index (χ1) is 12.9. The third-order valence-electron chi connectivity index (χ3n) is 4.80. The Bertz CT molecular complexity index is 849. The first kappa shape index (κ1) is 19.7. The molecule has 1 aliphatic heterocycles. The molecule has 1 fully saturated rings. The smallest absolute Gasteiger partial charge is 0.250 e. The molecule has 142 valence electrons. The van der Waals surface area contributed by atoms with Crippen molar-refractivity contribution in [3.05, 3.63) is 63.6 Å². The summed E-state index contributed by atoms with van der Waals surface area (Å²) in [5.41, 5.74) is 7.25. The van der Waals surface area contributed by atoms with Crippen LogP contribution in [0, 0.1) is 5.92 Å². The Hall–Kier alpha value is -2.08. The van der Waals surface area contributed by atoms with Crippen LogP contribution in [0.2, 0.25) is 10.0 Å². The van der Waals surface area contributed by atoms with Crippen LogP contribution in [-0.4, -0.2) is 29.8 Å². The summed E-state index contributed by atoms with van der Waals surface area (Å²) in [6, 6.07) is 12.4. The number of hydrogen-bond acceptors (Lipinski definition) is 3. The molecule has 2 amide bonds. The van der Waals surface area contributed by atoms with Crippen LogP contribution in [-0.2, 0) is 11.3 Å². The fraction of sp³-hybridized carbons (Fsp3) is 0.300. The molecule has 0 aromatic heterocycles. The molecule has 0 aliphatic carbocycles. The first-order valence-corrected chi connectivity index (χ1v) is 9.55. The summed E-state index contributed by atoms with van der Waals surface area (Å²) in [5, 5.41) is 3.95. The molecule has 0 radical (unpaired) electrons. The fourth-order valence-corrected chi connectivity index (χ4v) is 3.61. The van der Waals surface area contributed by atoms with Gasteiger partial charge in [0.05, 0.1) is 21.3 Å². The Morgan fingerprint density at radius 1 is 1.07 bits per heavy atom. The molecule has 1 aliphatic rings. The second-order valence-corrected chi connectivity index (χ2v) is 7.51. The van der Waals surface area contributed by atoms with Crippen LogP contribution in [0.3, 0.4) is 0 Å². The van der Waals surface area contributed by atoms with Crippen molar-refractivity contribution in [2.45, 2.75) is 19.4 Å². The van der Waals surface area contributed by atoms with Crippen LogP contribution in [0.1, 0.15) is 28.8 Å². The van der Waals surface area contributed by atoms with Gasteiger partial charge in [0.2, 0.25) is 5.91 Å². The van der Waals surface area contributed by atoms with Crippen molar-refractivity contribution >= 4 is 40.7 Å². The maximum Gasteiger partial charge on any atom is 0.250 e. The molecule has 3 rings (SSSR count). The van der Waals surface area contributed by atoms with Gasteiger partial charge in [-0.25, -0.2) is 0 Å². The van der Waals surface area contributed by atoms with Gasteiger partial charge in [-0.1, -0.05) is 41.4 Å². The van der Waals surface area contributed by atoms with Crippen LogP contribution in [0.25, 0.3) is 0 Å². The van der Waals surface area contributed by atoms with E-state index in [1.807, 2.05) is 12.1 Å². The Morgan fingerprint density at radius 2 is 1.78 bits per heavy atom. The van der Waals surface area contributed by atoms with E-state index in [-0.39, 0.29) is 11.8 Å². The molecule has 2 aromatic rings. The van der Waals surface area contributed by atoms with Gasteiger partial charge in [-0.3, -0.25) is 14.5 Å². The Kier molecular flexibility index (Phi) is 6.37. The molecule has 5 nitrogen and oxygen atoms in total. The number of primary amides is 1. The highest BCUT2D eigenvalue weighted by Gasteiger charge is 2.25. The molecule has 1 saturated heterocycles. The minimum absolute atomic E-state index is 0.0714. The summed E-state index contributed by atoms with van der Waals surface area (Å²) >= 11 is 12.0. The Balaban J connectivity index is 1.55. The van der Waals surface area contributed by atoms with Crippen LogP contribution in [0.5, 0.6) is 0 Å². The van der Waals surface area contributed by atoms with Gasteiger partial charge < -0.3 is 11.1 Å². The SMILES string of the molecule is NC(=O)c1ccccc1NC(=O)C1CCN(Cc2ccc(Cl)c(Cl)c2)CC1. The topological polar surface area (TPSA) is 75.4 Å². The van der Waals surface area contributed by atoms with E-state index in [1.54, 1.807) is 30.3 Å². The molecule has 0 unspecified atom stereocenters. The zero-order valence-corrected chi connectivity index (χ0v) is 16.3. The zero-order chi connectivity index (χ0) is 19.4. The number of nitrogens with one attached hydrogen (secondary N) is 1. The second-order valence-electron chi connectivity index (χ2n) is 6.70. The number of carbonyl (C=O) groups excluding carboxylic acids is 2. The zero-order valence-electron chi connectivity index (χ0n) is 14.8. The van der Waals surface area contributed by atoms with Crippen LogP contribution < -0.4 is 11.1 Å². The molecule has 0 saturated carbocycles. The molecule has 0 bridgehead atoms. The van der Waals surface area contributed by atoms with Crippen molar-refractivity contribution in [2.75, 3.05) is 18.4 Å². The maximum absolute atomic E-state index is 12.6. The summed E-state index contributed by atoms with van der Waals surface area (Å²) in [7, 11) is 0. The lowest BCUT2D eigenvalue weighted by molar-refractivity contribution is -0.121. The summed E-state index contributed by atoms with van der Waals surface area (Å²) in [5.74, 6) is -0.712. The van der Waals surface area contributed by atoms with Crippen molar-refractivity contribution in [1.82, 2.24) is 4.90 Å². The van der Waals surface area contributed by atoms with Gasteiger partial charge in [-0.2, -0.15) is 0 Å². The van der Waals surface area contributed by atoms with Gasteiger partial charge in [0.15, 0.2) is 0 Å². The largest absolute Gasteiger partial charge is 0.366 e. The van der Waals surface area contributed by atoms with E-state index >= 15 is 0 Å². The highest BCUT2D eigenvalue weighted by Crippen LogP contribution is 2.25. The summed E-state index contributed by atoms with van der Waals surface area (Å²) in [6.45, 7) is 2.40. The molecule has 2 aromatic carbocycles. The number of nitrogens with zero attached hydrogens (tertiary/aromatic N) is 1. The van der Waals surface area contributed by atoms with Gasteiger partial charge in [0, 0.05) is 12.5 Å². The number of nitrogens with two attached hydrogens (primary N) is 1. The predicted molar refractivity (Wildman–Crippen MR) is 108 cm³/mol. The normalized spacial score (nSPS) is 15.5. The summed E-state index contributed by atoms with van der Waals surface area (Å²) in [4.78, 5) is 26.4. The van der Waals surface area contributed by atoms with Crippen molar-refractivity contribution < 1.29 is 9.59 Å². The molecular weight excluding hydrogens is 385 g/mol. The van der Waals surface area contributed by atoms with Crippen LogP contribution >= 0.6 is 23.2 Å². The Labute approximate surface area is 168 Å². The van der Waals surface area contributed by atoms with Gasteiger partial charge in [-0.15, -0.1) is 0 Å². The first-order valence-electron chi connectivity index (χ1n) is 8.80. The molecule has 0 atom stereocenters. The molecule has 3 N–H and O–H groups in total. The number of anilines is 1. The molecular formula is C20H21Cl2N3O2. The van der Waals surface area contributed by atoms with Crippen molar-refractivity contribution in [3.8, 4) is 0 Å². The molecule has 0 spiro atoms. The lowest BCUT2D eigenvalue weighted by Gasteiger charge is -2.31. The number of halogens is 2. The minimum Gasteiger partial charge on any atom is -0.366 e. The average Bonchev–Trinajstić information content (AvgIpc) is 2.65.